The van der Waals surface area contributed by atoms with Gasteiger partial charge in [0, 0.05) is 32.2 Å². The van der Waals surface area contributed by atoms with Gasteiger partial charge in [0.1, 0.15) is 0 Å². The van der Waals surface area contributed by atoms with Gasteiger partial charge in [0.05, 0.1) is 12.1 Å². The standard InChI is InChI=1S/C18H24F3N3O3.ClH/c1-2-22-17(27)23-9-7-14(8-10-23)24(12-16(25)26)11-13-5-3-4-6-15(13)18(19,20)21;/h3-6,14H,2,7-12H2,1H3,(H,22,27)(H,25,26);1H. The molecule has 1 aliphatic rings. The van der Waals surface area contributed by atoms with Gasteiger partial charge in [-0.15, -0.1) is 12.4 Å². The fourth-order valence-electron chi connectivity index (χ4n) is 3.34. The summed E-state index contributed by atoms with van der Waals surface area (Å²) in [6, 6.07) is 4.84. The minimum Gasteiger partial charge on any atom is -0.480 e. The first-order valence-corrected chi connectivity index (χ1v) is 8.86. The first kappa shape index (κ1) is 24.0. The van der Waals surface area contributed by atoms with Gasteiger partial charge in [0.25, 0.3) is 0 Å². The van der Waals surface area contributed by atoms with Crippen LogP contribution in [0.25, 0.3) is 0 Å². The number of nitrogens with zero attached hydrogens (tertiary/aromatic N) is 2. The molecular formula is C18H25ClF3N3O3. The van der Waals surface area contributed by atoms with Crippen LogP contribution in [0.1, 0.15) is 30.9 Å². The van der Waals surface area contributed by atoms with E-state index in [1.165, 1.54) is 18.2 Å². The van der Waals surface area contributed by atoms with Crippen LogP contribution < -0.4 is 5.32 Å². The molecule has 0 aromatic heterocycles. The van der Waals surface area contributed by atoms with Crippen molar-refractivity contribution in [3.63, 3.8) is 0 Å². The zero-order chi connectivity index (χ0) is 20.0. The lowest BCUT2D eigenvalue weighted by Crippen LogP contribution is -2.50. The molecule has 28 heavy (non-hydrogen) atoms. The molecule has 2 amide bonds. The number of carboxylic acid groups (broad SMARTS) is 1. The molecule has 158 valence electrons. The van der Waals surface area contributed by atoms with E-state index in [2.05, 4.69) is 5.32 Å². The van der Waals surface area contributed by atoms with E-state index in [9.17, 15) is 27.9 Å². The Labute approximate surface area is 168 Å². The SMILES string of the molecule is CCNC(=O)N1CCC(N(CC(=O)O)Cc2ccccc2C(F)(F)F)CC1.Cl. The highest BCUT2D eigenvalue weighted by Crippen LogP contribution is 2.33. The Balaban J connectivity index is 0.00000392. The van der Waals surface area contributed by atoms with Gasteiger partial charge in [-0.25, -0.2) is 4.79 Å². The van der Waals surface area contributed by atoms with E-state index >= 15 is 0 Å². The van der Waals surface area contributed by atoms with Crippen LogP contribution in [-0.4, -0.2) is 59.1 Å². The first-order valence-electron chi connectivity index (χ1n) is 8.86. The molecule has 1 aromatic carbocycles. The maximum atomic E-state index is 13.2. The van der Waals surface area contributed by atoms with E-state index in [1.807, 2.05) is 6.92 Å². The number of rotatable bonds is 6. The Morgan fingerprint density at radius 1 is 1.25 bits per heavy atom. The van der Waals surface area contributed by atoms with Gasteiger partial charge in [-0.3, -0.25) is 9.69 Å². The van der Waals surface area contributed by atoms with Crippen LogP contribution in [-0.2, 0) is 17.5 Å². The molecule has 0 aliphatic carbocycles. The number of hydrogen-bond donors (Lipinski definition) is 2. The molecule has 1 saturated heterocycles. The number of carbonyl (C=O) groups is 2. The van der Waals surface area contributed by atoms with Gasteiger partial charge in [-0.05, 0) is 31.4 Å². The molecule has 1 aromatic rings. The van der Waals surface area contributed by atoms with E-state index in [-0.39, 0.29) is 43.1 Å². The molecule has 0 spiro atoms. The summed E-state index contributed by atoms with van der Waals surface area (Å²) in [5.41, 5.74) is -0.697. The van der Waals surface area contributed by atoms with Crippen molar-refractivity contribution in [3.8, 4) is 0 Å². The lowest BCUT2D eigenvalue weighted by Gasteiger charge is -2.38. The minimum atomic E-state index is -4.49. The van der Waals surface area contributed by atoms with Crippen molar-refractivity contribution in [3.05, 3.63) is 35.4 Å². The topological polar surface area (TPSA) is 72.9 Å². The van der Waals surface area contributed by atoms with Crippen LogP contribution in [0, 0.1) is 0 Å². The van der Waals surface area contributed by atoms with Gasteiger partial charge in [0.2, 0.25) is 0 Å². The predicted octanol–water partition coefficient (Wildman–Crippen LogP) is 3.21. The summed E-state index contributed by atoms with van der Waals surface area (Å²) in [6.45, 7) is 2.75. The largest absolute Gasteiger partial charge is 0.480 e. The molecule has 0 atom stereocenters. The number of carbonyl (C=O) groups excluding carboxylic acids is 1. The molecule has 0 saturated carbocycles. The third-order valence-corrected chi connectivity index (χ3v) is 4.63. The van der Waals surface area contributed by atoms with Crippen molar-refractivity contribution >= 4 is 24.4 Å². The van der Waals surface area contributed by atoms with Crippen LogP contribution in [0.5, 0.6) is 0 Å². The second kappa shape index (κ2) is 10.5. The van der Waals surface area contributed by atoms with Gasteiger partial charge in [0.15, 0.2) is 0 Å². The zero-order valence-corrected chi connectivity index (χ0v) is 16.4. The first-order chi connectivity index (χ1) is 12.7. The average Bonchev–Trinajstić information content (AvgIpc) is 2.61. The van der Waals surface area contributed by atoms with Gasteiger partial charge in [-0.2, -0.15) is 13.2 Å². The molecule has 0 unspecified atom stereocenters. The van der Waals surface area contributed by atoms with Crippen molar-refractivity contribution in [1.82, 2.24) is 15.1 Å². The van der Waals surface area contributed by atoms with Crippen molar-refractivity contribution in [1.29, 1.82) is 0 Å². The monoisotopic (exact) mass is 423 g/mol. The average molecular weight is 424 g/mol. The Bertz CT molecular complexity index is 665. The van der Waals surface area contributed by atoms with E-state index < -0.39 is 17.7 Å². The molecule has 0 radical (unpaired) electrons. The van der Waals surface area contributed by atoms with Gasteiger partial charge < -0.3 is 15.3 Å². The van der Waals surface area contributed by atoms with Crippen LogP contribution in [0.2, 0.25) is 0 Å². The quantitative estimate of drug-likeness (QED) is 0.737. The van der Waals surface area contributed by atoms with Gasteiger partial charge >= 0.3 is 18.2 Å². The highest BCUT2D eigenvalue weighted by Gasteiger charge is 2.34. The normalized spacial score (nSPS) is 15.2. The lowest BCUT2D eigenvalue weighted by molar-refractivity contribution is -0.139. The summed E-state index contributed by atoms with van der Waals surface area (Å²) in [5, 5.41) is 11.9. The zero-order valence-electron chi connectivity index (χ0n) is 15.5. The molecule has 2 N–H and O–H groups in total. The summed E-state index contributed by atoms with van der Waals surface area (Å²) in [5.74, 6) is -1.09. The number of likely N-dealkylation sites (tertiary alicyclic amines) is 1. The summed E-state index contributed by atoms with van der Waals surface area (Å²) >= 11 is 0. The van der Waals surface area contributed by atoms with Crippen LogP contribution in [0.3, 0.4) is 0 Å². The second-order valence-corrected chi connectivity index (χ2v) is 6.51. The second-order valence-electron chi connectivity index (χ2n) is 6.51. The minimum absolute atomic E-state index is 0. The third-order valence-electron chi connectivity index (χ3n) is 4.63. The molecule has 10 heteroatoms. The van der Waals surface area contributed by atoms with Crippen molar-refractivity contribution in [2.24, 2.45) is 0 Å². The van der Waals surface area contributed by atoms with Crippen molar-refractivity contribution in [2.45, 2.75) is 38.5 Å². The summed E-state index contributed by atoms with van der Waals surface area (Å²) in [7, 11) is 0. The number of alkyl halides is 3. The predicted molar refractivity (Wildman–Crippen MR) is 100 cm³/mol. The van der Waals surface area contributed by atoms with Crippen LogP contribution in [0.15, 0.2) is 24.3 Å². The molecule has 6 nitrogen and oxygen atoms in total. The van der Waals surface area contributed by atoms with E-state index in [1.54, 1.807) is 9.80 Å². The number of carboxylic acids is 1. The Morgan fingerprint density at radius 3 is 2.39 bits per heavy atom. The number of benzene rings is 1. The third kappa shape index (κ3) is 6.56. The summed E-state index contributed by atoms with van der Waals surface area (Å²) in [4.78, 5) is 26.3. The smallest absolute Gasteiger partial charge is 0.416 e. The highest BCUT2D eigenvalue weighted by molar-refractivity contribution is 5.85. The molecule has 1 heterocycles. The van der Waals surface area contributed by atoms with E-state index in [0.29, 0.717) is 32.5 Å². The molecule has 1 aliphatic heterocycles. The Hall–Kier alpha value is -2.00. The molecule has 2 rings (SSSR count). The lowest BCUT2D eigenvalue weighted by atomic mass is 10.0. The maximum Gasteiger partial charge on any atom is 0.416 e. The number of piperidine rings is 1. The number of aliphatic carboxylic acids is 1. The van der Waals surface area contributed by atoms with Crippen LogP contribution >= 0.6 is 12.4 Å². The van der Waals surface area contributed by atoms with Gasteiger partial charge in [-0.1, -0.05) is 18.2 Å². The molecular weight excluding hydrogens is 399 g/mol. The van der Waals surface area contributed by atoms with Crippen molar-refractivity contribution < 1.29 is 27.9 Å². The number of amides is 2. The van der Waals surface area contributed by atoms with Crippen LogP contribution in [0.4, 0.5) is 18.0 Å². The van der Waals surface area contributed by atoms with Crippen molar-refractivity contribution in [2.75, 3.05) is 26.2 Å². The fourth-order valence-corrected chi connectivity index (χ4v) is 3.34. The Kier molecular flexibility index (Phi) is 9.03. The Morgan fingerprint density at radius 2 is 1.86 bits per heavy atom. The summed E-state index contributed by atoms with van der Waals surface area (Å²) in [6.07, 6.45) is -3.47. The number of nitrogens with one attached hydrogen (secondary N) is 1. The number of halogens is 4. The van der Waals surface area contributed by atoms with E-state index in [4.69, 9.17) is 0 Å². The number of urea groups is 1. The highest BCUT2D eigenvalue weighted by atomic mass is 35.5. The number of hydrogen-bond acceptors (Lipinski definition) is 3. The molecule has 1 fully saturated rings. The fraction of sp³-hybridized carbons (Fsp3) is 0.556. The maximum absolute atomic E-state index is 13.2. The van der Waals surface area contributed by atoms with E-state index in [0.717, 1.165) is 6.07 Å². The molecule has 0 bridgehead atoms. The summed E-state index contributed by atoms with van der Waals surface area (Å²) < 4.78 is 39.7.